The minimum Gasteiger partial charge on any atom is -0.346 e. The molecule has 1 aromatic heterocycles. The molecule has 0 radical (unpaired) electrons. The molecule has 2 aliphatic rings. The Balaban J connectivity index is 1.77. The summed E-state index contributed by atoms with van der Waals surface area (Å²) in [5.74, 6) is 0. The van der Waals surface area contributed by atoms with Crippen LogP contribution in [-0.4, -0.2) is 44.1 Å². The third-order valence-electron chi connectivity index (χ3n) is 4.31. The second-order valence-corrected chi connectivity index (χ2v) is 7.95. The fourth-order valence-electron chi connectivity index (χ4n) is 3.05. The van der Waals surface area contributed by atoms with Gasteiger partial charge in [-0.05, 0) is 45.3 Å². The summed E-state index contributed by atoms with van der Waals surface area (Å²) in [6.45, 7) is 2.18. The molecule has 1 aliphatic heterocycles. The highest BCUT2D eigenvalue weighted by molar-refractivity contribution is 7.89. The topological polar surface area (TPSA) is 80.4 Å². The first-order chi connectivity index (χ1) is 9.99. The Bertz CT molecular complexity index is 606. The Morgan fingerprint density at radius 2 is 2.14 bits per heavy atom. The van der Waals surface area contributed by atoms with Gasteiger partial charge in [-0.2, -0.15) is 0 Å². The quantitative estimate of drug-likeness (QED) is 0.837. The monoisotopic (exact) mass is 312 g/mol. The standard InChI is InChI=1S/C14H24N4O2S/c1-17-6-2-3-11(9-17)16-21(19,20)14-7-13(8-15)18(10-14)12-4-5-12/h7,10-12,16H,2-6,8-9,15H2,1H3. The van der Waals surface area contributed by atoms with Crippen LogP contribution in [0.5, 0.6) is 0 Å². The Kier molecular flexibility index (Phi) is 4.09. The maximum Gasteiger partial charge on any atom is 0.242 e. The highest BCUT2D eigenvalue weighted by atomic mass is 32.2. The molecular weight excluding hydrogens is 288 g/mol. The highest BCUT2D eigenvalue weighted by Gasteiger charge is 2.29. The highest BCUT2D eigenvalue weighted by Crippen LogP contribution is 2.37. The van der Waals surface area contributed by atoms with Gasteiger partial charge in [0.15, 0.2) is 0 Å². The summed E-state index contributed by atoms with van der Waals surface area (Å²) in [5.41, 5.74) is 6.63. The number of nitrogens with two attached hydrogens (primary N) is 1. The number of aromatic nitrogens is 1. The average molecular weight is 312 g/mol. The van der Waals surface area contributed by atoms with Crippen molar-refractivity contribution in [1.82, 2.24) is 14.2 Å². The number of piperidine rings is 1. The van der Waals surface area contributed by atoms with Crippen LogP contribution in [0.25, 0.3) is 0 Å². The van der Waals surface area contributed by atoms with Gasteiger partial charge in [0, 0.05) is 37.1 Å². The molecule has 3 N–H and O–H groups in total. The molecule has 1 aromatic rings. The number of likely N-dealkylation sites (N-methyl/N-ethyl adjacent to an activating group) is 1. The lowest BCUT2D eigenvalue weighted by Gasteiger charge is -2.29. The molecule has 0 amide bonds. The number of sulfonamides is 1. The van der Waals surface area contributed by atoms with E-state index >= 15 is 0 Å². The molecule has 7 heteroatoms. The first-order valence-corrected chi connectivity index (χ1v) is 9.09. The van der Waals surface area contributed by atoms with Crippen LogP contribution in [0.2, 0.25) is 0 Å². The van der Waals surface area contributed by atoms with Gasteiger partial charge in [0.05, 0.1) is 4.90 Å². The van der Waals surface area contributed by atoms with Crippen LogP contribution in [0.15, 0.2) is 17.2 Å². The molecule has 21 heavy (non-hydrogen) atoms. The van der Waals surface area contributed by atoms with Crippen LogP contribution < -0.4 is 10.5 Å². The minimum absolute atomic E-state index is 0.000600. The molecule has 118 valence electrons. The van der Waals surface area contributed by atoms with Crippen molar-refractivity contribution in [3.05, 3.63) is 18.0 Å². The molecule has 1 atom stereocenters. The van der Waals surface area contributed by atoms with Crippen molar-refractivity contribution < 1.29 is 8.42 Å². The number of hydrogen-bond acceptors (Lipinski definition) is 4. The smallest absolute Gasteiger partial charge is 0.242 e. The summed E-state index contributed by atoms with van der Waals surface area (Å²) >= 11 is 0. The van der Waals surface area contributed by atoms with Gasteiger partial charge in [0.2, 0.25) is 10.0 Å². The van der Waals surface area contributed by atoms with Crippen molar-refractivity contribution in [3.8, 4) is 0 Å². The Hall–Kier alpha value is -0.890. The van der Waals surface area contributed by atoms with E-state index in [1.165, 1.54) is 0 Å². The minimum atomic E-state index is -3.45. The van der Waals surface area contributed by atoms with E-state index in [0.29, 0.717) is 17.5 Å². The van der Waals surface area contributed by atoms with Crippen molar-refractivity contribution in [3.63, 3.8) is 0 Å². The molecule has 2 fully saturated rings. The van der Waals surface area contributed by atoms with Crippen LogP contribution >= 0.6 is 0 Å². The van der Waals surface area contributed by atoms with Crippen molar-refractivity contribution in [1.29, 1.82) is 0 Å². The molecule has 2 heterocycles. The third kappa shape index (κ3) is 3.31. The van der Waals surface area contributed by atoms with E-state index in [2.05, 4.69) is 9.62 Å². The summed E-state index contributed by atoms with van der Waals surface area (Å²) in [6, 6.07) is 2.15. The van der Waals surface area contributed by atoms with Gasteiger partial charge < -0.3 is 15.2 Å². The van der Waals surface area contributed by atoms with Gasteiger partial charge in [0.25, 0.3) is 0 Å². The van der Waals surface area contributed by atoms with Crippen LogP contribution in [0.1, 0.15) is 37.4 Å². The zero-order chi connectivity index (χ0) is 15.0. The number of hydrogen-bond donors (Lipinski definition) is 2. The van der Waals surface area contributed by atoms with Gasteiger partial charge in [-0.25, -0.2) is 13.1 Å². The van der Waals surface area contributed by atoms with Crippen LogP contribution in [0.4, 0.5) is 0 Å². The van der Waals surface area contributed by atoms with E-state index in [1.807, 2.05) is 11.6 Å². The maximum atomic E-state index is 12.5. The molecule has 1 saturated heterocycles. The molecular formula is C14H24N4O2S. The first-order valence-electron chi connectivity index (χ1n) is 7.61. The first kappa shape index (κ1) is 15.0. The molecule has 1 aliphatic carbocycles. The fourth-order valence-corrected chi connectivity index (χ4v) is 4.36. The molecule has 0 aromatic carbocycles. The maximum absolute atomic E-state index is 12.5. The second-order valence-electron chi connectivity index (χ2n) is 6.23. The third-order valence-corrected chi connectivity index (χ3v) is 5.80. The van der Waals surface area contributed by atoms with Crippen LogP contribution in [-0.2, 0) is 16.6 Å². The largest absolute Gasteiger partial charge is 0.346 e. The Morgan fingerprint density at radius 1 is 1.38 bits per heavy atom. The summed E-state index contributed by atoms with van der Waals surface area (Å²) in [7, 11) is -1.43. The second kappa shape index (κ2) is 5.72. The summed E-state index contributed by atoms with van der Waals surface area (Å²) < 4.78 is 30.0. The number of rotatable bonds is 5. The lowest BCUT2D eigenvalue weighted by Crippen LogP contribution is -2.46. The molecule has 0 spiro atoms. The van der Waals surface area contributed by atoms with Gasteiger partial charge in [-0.1, -0.05) is 0 Å². The Labute approximate surface area is 126 Å². The van der Waals surface area contributed by atoms with E-state index in [-0.39, 0.29) is 6.04 Å². The van der Waals surface area contributed by atoms with E-state index in [4.69, 9.17) is 5.73 Å². The van der Waals surface area contributed by atoms with E-state index in [0.717, 1.165) is 44.5 Å². The van der Waals surface area contributed by atoms with Crippen LogP contribution in [0.3, 0.4) is 0 Å². The molecule has 1 saturated carbocycles. The van der Waals surface area contributed by atoms with Gasteiger partial charge in [0.1, 0.15) is 0 Å². The predicted octanol–water partition coefficient (Wildman–Crippen LogP) is 0.654. The molecule has 1 unspecified atom stereocenters. The summed E-state index contributed by atoms with van der Waals surface area (Å²) in [6.07, 6.45) is 5.90. The fraction of sp³-hybridized carbons (Fsp3) is 0.714. The SMILES string of the molecule is CN1CCCC(NS(=O)(=O)c2cc(CN)n(C3CC3)c2)C1. The van der Waals surface area contributed by atoms with Gasteiger partial charge in [-0.15, -0.1) is 0 Å². The van der Waals surface area contributed by atoms with Crippen molar-refractivity contribution >= 4 is 10.0 Å². The zero-order valence-electron chi connectivity index (χ0n) is 12.5. The number of nitrogens with one attached hydrogen (secondary N) is 1. The zero-order valence-corrected chi connectivity index (χ0v) is 13.3. The van der Waals surface area contributed by atoms with Gasteiger partial charge >= 0.3 is 0 Å². The van der Waals surface area contributed by atoms with Crippen molar-refractivity contribution in [2.75, 3.05) is 20.1 Å². The van der Waals surface area contributed by atoms with E-state index < -0.39 is 10.0 Å². The lowest BCUT2D eigenvalue weighted by molar-refractivity contribution is 0.242. The van der Waals surface area contributed by atoms with E-state index in [1.54, 1.807) is 12.3 Å². The van der Waals surface area contributed by atoms with Crippen molar-refractivity contribution in [2.24, 2.45) is 5.73 Å². The lowest BCUT2D eigenvalue weighted by atomic mass is 10.1. The molecule has 6 nitrogen and oxygen atoms in total. The molecule has 0 bridgehead atoms. The summed E-state index contributed by atoms with van der Waals surface area (Å²) in [4.78, 5) is 2.51. The van der Waals surface area contributed by atoms with Crippen LogP contribution in [0, 0.1) is 0 Å². The predicted molar refractivity (Wildman–Crippen MR) is 81.4 cm³/mol. The summed E-state index contributed by atoms with van der Waals surface area (Å²) in [5, 5.41) is 0. The number of likely N-dealkylation sites (tertiary alicyclic amines) is 1. The van der Waals surface area contributed by atoms with Gasteiger partial charge in [-0.3, -0.25) is 0 Å². The Morgan fingerprint density at radius 3 is 2.76 bits per heavy atom. The number of nitrogens with zero attached hydrogens (tertiary/aromatic N) is 2. The van der Waals surface area contributed by atoms with Crippen molar-refractivity contribution in [2.45, 2.75) is 49.2 Å². The normalized spacial score (nSPS) is 24.4. The average Bonchev–Trinajstić information content (AvgIpc) is 3.16. The molecule has 3 rings (SSSR count). The van der Waals surface area contributed by atoms with E-state index in [9.17, 15) is 8.42 Å².